The van der Waals surface area contributed by atoms with Gasteiger partial charge in [-0.1, -0.05) is 46.5 Å². The van der Waals surface area contributed by atoms with Crippen LogP contribution >= 0.6 is 0 Å². The summed E-state index contributed by atoms with van der Waals surface area (Å²) in [5.74, 6) is 0. The summed E-state index contributed by atoms with van der Waals surface area (Å²) in [5.41, 5.74) is 0. The molecule has 1 N–H and O–H groups in total. The standard InChI is InChI=1S/C16H35NO/c1-6-9-10-11-12-14(4)18-15(5)16(8-3)17-13-7-2/h14-17H,6-13H2,1-5H3. The second-order valence-electron chi connectivity index (χ2n) is 5.47. The molecule has 3 unspecified atom stereocenters. The molecule has 0 saturated heterocycles. The fourth-order valence-corrected chi connectivity index (χ4v) is 2.36. The van der Waals surface area contributed by atoms with E-state index in [-0.39, 0.29) is 0 Å². The van der Waals surface area contributed by atoms with E-state index < -0.39 is 0 Å². The summed E-state index contributed by atoms with van der Waals surface area (Å²) in [6.07, 6.45) is 9.58. The van der Waals surface area contributed by atoms with Crippen LogP contribution in [0.15, 0.2) is 0 Å². The number of unbranched alkanes of at least 4 members (excludes halogenated alkanes) is 3. The first-order valence-electron chi connectivity index (χ1n) is 8.04. The van der Waals surface area contributed by atoms with Crippen molar-refractivity contribution in [1.29, 1.82) is 0 Å². The van der Waals surface area contributed by atoms with E-state index in [1.165, 1.54) is 38.5 Å². The van der Waals surface area contributed by atoms with E-state index in [1.807, 2.05) is 0 Å². The second kappa shape index (κ2) is 12.0. The maximum Gasteiger partial charge on any atom is 0.0703 e. The summed E-state index contributed by atoms with van der Waals surface area (Å²) in [6.45, 7) is 12.2. The van der Waals surface area contributed by atoms with Gasteiger partial charge in [-0.25, -0.2) is 0 Å². The van der Waals surface area contributed by atoms with Crippen LogP contribution < -0.4 is 5.32 Å². The van der Waals surface area contributed by atoms with Gasteiger partial charge in [0.1, 0.15) is 0 Å². The molecule has 0 heterocycles. The third-order valence-electron chi connectivity index (χ3n) is 3.57. The summed E-state index contributed by atoms with van der Waals surface area (Å²) >= 11 is 0. The van der Waals surface area contributed by atoms with Crippen molar-refractivity contribution in [2.24, 2.45) is 0 Å². The van der Waals surface area contributed by atoms with Crippen molar-refractivity contribution in [2.75, 3.05) is 6.54 Å². The van der Waals surface area contributed by atoms with Gasteiger partial charge in [0, 0.05) is 6.04 Å². The molecule has 0 aliphatic heterocycles. The lowest BCUT2D eigenvalue weighted by atomic mass is 10.1. The van der Waals surface area contributed by atoms with Crippen molar-refractivity contribution in [3.05, 3.63) is 0 Å². The van der Waals surface area contributed by atoms with E-state index in [9.17, 15) is 0 Å². The maximum absolute atomic E-state index is 6.12. The Morgan fingerprint density at radius 1 is 0.944 bits per heavy atom. The second-order valence-corrected chi connectivity index (χ2v) is 5.47. The highest BCUT2D eigenvalue weighted by atomic mass is 16.5. The van der Waals surface area contributed by atoms with Crippen LogP contribution in [0.4, 0.5) is 0 Å². The minimum absolute atomic E-state index is 0.322. The van der Waals surface area contributed by atoms with Crippen LogP contribution in [-0.4, -0.2) is 24.8 Å². The van der Waals surface area contributed by atoms with Crippen LogP contribution in [0, 0.1) is 0 Å². The topological polar surface area (TPSA) is 21.3 Å². The van der Waals surface area contributed by atoms with Gasteiger partial charge in [-0.15, -0.1) is 0 Å². The van der Waals surface area contributed by atoms with Crippen molar-refractivity contribution in [3.63, 3.8) is 0 Å². The average molecular weight is 257 g/mol. The highest BCUT2D eigenvalue weighted by Crippen LogP contribution is 2.12. The van der Waals surface area contributed by atoms with E-state index in [4.69, 9.17) is 4.74 Å². The molecule has 0 amide bonds. The highest BCUT2D eigenvalue weighted by Gasteiger charge is 2.17. The summed E-state index contributed by atoms with van der Waals surface area (Å²) in [5, 5.41) is 3.58. The first-order valence-corrected chi connectivity index (χ1v) is 8.04. The molecular formula is C16H35NO. The Hall–Kier alpha value is -0.0800. The molecule has 0 aromatic carbocycles. The minimum Gasteiger partial charge on any atom is -0.374 e. The summed E-state index contributed by atoms with van der Waals surface area (Å²) in [7, 11) is 0. The molecule has 0 aliphatic rings. The molecule has 18 heavy (non-hydrogen) atoms. The molecule has 110 valence electrons. The van der Waals surface area contributed by atoms with Crippen LogP contribution in [0.3, 0.4) is 0 Å². The minimum atomic E-state index is 0.322. The third kappa shape index (κ3) is 8.93. The monoisotopic (exact) mass is 257 g/mol. The van der Waals surface area contributed by atoms with E-state index >= 15 is 0 Å². The summed E-state index contributed by atoms with van der Waals surface area (Å²) in [6, 6.07) is 0.503. The van der Waals surface area contributed by atoms with Crippen LogP contribution in [0.1, 0.15) is 79.6 Å². The molecule has 0 bridgehead atoms. The van der Waals surface area contributed by atoms with Crippen LogP contribution in [0.5, 0.6) is 0 Å². The van der Waals surface area contributed by atoms with Gasteiger partial charge in [-0.05, 0) is 39.7 Å². The van der Waals surface area contributed by atoms with Crippen molar-refractivity contribution >= 4 is 0 Å². The van der Waals surface area contributed by atoms with Crippen LogP contribution in [0.25, 0.3) is 0 Å². The quantitative estimate of drug-likeness (QED) is 0.519. The Morgan fingerprint density at radius 2 is 1.67 bits per heavy atom. The van der Waals surface area contributed by atoms with E-state index in [0.717, 1.165) is 13.0 Å². The molecule has 0 aromatic heterocycles. The fraction of sp³-hybridized carbons (Fsp3) is 1.00. The lowest BCUT2D eigenvalue weighted by Gasteiger charge is -2.27. The fourth-order valence-electron chi connectivity index (χ4n) is 2.36. The molecule has 0 fully saturated rings. The van der Waals surface area contributed by atoms with E-state index in [1.54, 1.807) is 0 Å². The maximum atomic E-state index is 6.12. The SMILES string of the molecule is CCCCCCC(C)OC(C)C(CC)NCCC. The number of hydrogen-bond acceptors (Lipinski definition) is 2. The molecule has 2 nitrogen and oxygen atoms in total. The van der Waals surface area contributed by atoms with Gasteiger partial charge < -0.3 is 10.1 Å². The largest absolute Gasteiger partial charge is 0.374 e. The molecular weight excluding hydrogens is 222 g/mol. The van der Waals surface area contributed by atoms with Gasteiger partial charge >= 0.3 is 0 Å². The smallest absolute Gasteiger partial charge is 0.0703 e. The Balaban J connectivity index is 3.77. The lowest BCUT2D eigenvalue weighted by molar-refractivity contribution is -0.0173. The van der Waals surface area contributed by atoms with Crippen molar-refractivity contribution in [3.8, 4) is 0 Å². The first-order chi connectivity index (χ1) is 8.65. The zero-order valence-corrected chi connectivity index (χ0v) is 13.3. The zero-order chi connectivity index (χ0) is 13.8. The number of ether oxygens (including phenoxy) is 1. The van der Waals surface area contributed by atoms with Gasteiger partial charge in [0.25, 0.3) is 0 Å². The van der Waals surface area contributed by atoms with Gasteiger partial charge in [-0.2, -0.15) is 0 Å². The molecule has 0 radical (unpaired) electrons. The molecule has 3 atom stereocenters. The highest BCUT2D eigenvalue weighted by molar-refractivity contribution is 4.73. The van der Waals surface area contributed by atoms with E-state index in [0.29, 0.717) is 18.2 Å². The zero-order valence-electron chi connectivity index (χ0n) is 13.3. The van der Waals surface area contributed by atoms with Crippen molar-refractivity contribution < 1.29 is 4.74 Å². The molecule has 0 aromatic rings. The van der Waals surface area contributed by atoms with Gasteiger partial charge in [0.15, 0.2) is 0 Å². The third-order valence-corrected chi connectivity index (χ3v) is 3.57. The van der Waals surface area contributed by atoms with E-state index in [2.05, 4.69) is 39.9 Å². The average Bonchev–Trinajstić information content (AvgIpc) is 2.35. The molecule has 0 rings (SSSR count). The van der Waals surface area contributed by atoms with Crippen LogP contribution in [-0.2, 0) is 4.74 Å². The lowest BCUT2D eigenvalue weighted by Crippen LogP contribution is -2.41. The first kappa shape index (κ1) is 17.9. The molecule has 0 aliphatic carbocycles. The Labute approximate surface area is 115 Å². The van der Waals surface area contributed by atoms with Crippen LogP contribution in [0.2, 0.25) is 0 Å². The summed E-state index contributed by atoms with van der Waals surface area (Å²) < 4.78 is 6.12. The number of nitrogens with one attached hydrogen (secondary N) is 1. The van der Waals surface area contributed by atoms with Gasteiger partial charge in [0.2, 0.25) is 0 Å². The Bertz CT molecular complexity index is 172. The molecule has 0 saturated carbocycles. The normalized spacial score (nSPS) is 16.5. The van der Waals surface area contributed by atoms with Crippen molar-refractivity contribution in [2.45, 2.75) is 97.8 Å². The summed E-state index contributed by atoms with van der Waals surface area (Å²) in [4.78, 5) is 0. The molecule has 0 spiro atoms. The number of hydrogen-bond donors (Lipinski definition) is 1. The van der Waals surface area contributed by atoms with Crippen molar-refractivity contribution in [1.82, 2.24) is 5.32 Å². The Kier molecular flexibility index (Phi) is 11.9. The van der Waals surface area contributed by atoms with Gasteiger partial charge in [-0.3, -0.25) is 0 Å². The predicted molar refractivity (Wildman–Crippen MR) is 81.1 cm³/mol. The number of rotatable bonds is 12. The predicted octanol–water partition coefficient (Wildman–Crippen LogP) is 4.53. The Morgan fingerprint density at radius 3 is 2.22 bits per heavy atom. The molecule has 2 heteroatoms. The van der Waals surface area contributed by atoms with Gasteiger partial charge in [0.05, 0.1) is 12.2 Å².